The monoisotopic (exact) mass is 369 g/mol. The van der Waals surface area contributed by atoms with Gasteiger partial charge in [-0.25, -0.2) is 0 Å². The molecule has 1 saturated heterocycles. The summed E-state index contributed by atoms with van der Waals surface area (Å²) >= 11 is 0. The Labute approximate surface area is 160 Å². The largest absolute Gasteiger partial charge is 0.497 e. The van der Waals surface area contributed by atoms with Gasteiger partial charge in [-0.05, 0) is 55.7 Å². The molecular weight excluding hydrogens is 342 g/mol. The van der Waals surface area contributed by atoms with E-state index < -0.39 is 0 Å². The number of rotatable bonds is 8. The second-order valence-corrected chi connectivity index (χ2v) is 6.64. The number of ether oxygens (including phenoxy) is 3. The Balaban J connectivity index is 1.63. The highest BCUT2D eigenvalue weighted by Crippen LogP contribution is 2.19. The van der Waals surface area contributed by atoms with Crippen molar-refractivity contribution in [2.24, 2.45) is 0 Å². The Bertz CT molecular complexity index is 738. The predicted molar refractivity (Wildman–Crippen MR) is 104 cm³/mol. The molecule has 1 aliphatic rings. The van der Waals surface area contributed by atoms with Gasteiger partial charge >= 0.3 is 0 Å². The molecule has 0 aliphatic carbocycles. The number of hydrogen-bond donors (Lipinski definition) is 0. The molecule has 5 nitrogen and oxygen atoms in total. The van der Waals surface area contributed by atoms with Crippen molar-refractivity contribution in [3.05, 3.63) is 59.7 Å². The number of benzene rings is 2. The number of hydrogen-bond acceptors (Lipinski definition) is 4. The standard InChI is InChI=1S/C22H27NO4/c1-3-23(15-17-9-11-19(25-2)12-10-17)22(24)18-6-4-7-20(14-18)27-16-21-8-5-13-26-21/h4,6-7,9-12,14,21H,3,5,8,13,15-16H2,1-2H3. The zero-order chi connectivity index (χ0) is 19.1. The summed E-state index contributed by atoms with van der Waals surface area (Å²) in [7, 11) is 1.64. The van der Waals surface area contributed by atoms with E-state index in [1.54, 1.807) is 7.11 Å². The van der Waals surface area contributed by atoms with Gasteiger partial charge in [0.1, 0.15) is 18.1 Å². The van der Waals surface area contributed by atoms with E-state index in [1.807, 2.05) is 60.4 Å². The maximum Gasteiger partial charge on any atom is 0.254 e. The molecule has 144 valence electrons. The fourth-order valence-electron chi connectivity index (χ4n) is 3.14. The van der Waals surface area contributed by atoms with Gasteiger partial charge in [-0.3, -0.25) is 4.79 Å². The lowest BCUT2D eigenvalue weighted by Gasteiger charge is -2.21. The number of methoxy groups -OCH3 is 1. The smallest absolute Gasteiger partial charge is 0.254 e. The number of carbonyl (C=O) groups excluding carboxylic acids is 1. The van der Waals surface area contributed by atoms with Gasteiger partial charge in [0, 0.05) is 25.3 Å². The van der Waals surface area contributed by atoms with Crippen LogP contribution in [0.15, 0.2) is 48.5 Å². The Morgan fingerprint density at radius 3 is 2.67 bits per heavy atom. The quantitative estimate of drug-likeness (QED) is 0.708. The third-order valence-electron chi connectivity index (χ3n) is 4.74. The summed E-state index contributed by atoms with van der Waals surface area (Å²) in [5, 5.41) is 0. The molecule has 1 aliphatic heterocycles. The van der Waals surface area contributed by atoms with Crippen LogP contribution in [0.4, 0.5) is 0 Å². The van der Waals surface area contributed by atoms with E-state index in [9.17, 15) is 4.79 Å². The summed E-state index contributed by atoms with van der Waals surface area (Å²) in [6, 6.07) is 15.2. The van der Waals surface area contributed by atoms with Crippen LogP contribution in [0.25, 0.3) is 0 Å². The summed E-state index contributed by atoms with van der Waals surface area (Å²) in [4.78, 5) is 14.8. The summed E-state index contributed by atoms with van der Waals surface area (Å²) in [5.41, 5.74) is 1.70. The van der Waals surface area contributed by atoms with Crippen molar-refractivity contribution in [2.45, 2.75) is 32.4 Å². The summed E-state index contributed by atoms with van der Waals surface area (Å²) in [6.07, 6.45) is 2.28. The normalized spacial score (nSPS) is 16.1. The van der Waals surface area contributed by atoms with Crippen molar-refractivity contribution in [2.75, 3.05) is 26.9 Å². The van der Waals surface area contributed by atoms with Crippen LogP contribution in [-0.4, -0.2) is 43.8 Å². The van der Waals surface area contributed by atoms with E-state index in [-0.39, 0.29) is 12.0 Å². The van der Waals surface area contributed by atoms with Crippen molar-refractivity contribution in [3.63, 3.8) is 0 Å². The minimum atomic E-state index is -0.00381. The van der Waals surface area contributed by atoms with Crippen LogP contribution in [-0.2, 0) is 11.3 Å². The first-order valence-electron chi connectivity index (χ1n) is 9.46. The van der Waals surface area contributed by atoms with Crippen LogP contribution in [0.3, 0.4) is 0 Å². The van der Waals surface area contributed by atoms with E-state index in [0.717, 1.165) is 30.8 Å². The van der Waals surface area contributed by atoms with E-state index in [2.05, 4.69) is 0 Å². The lowest BCUT2D eigenvalue weighted by molar-refractivity contribution is 0.0677. The predicted octanol–water partition coefficient (Wildman–Crippen LogP) is 3.92. The molecule has 5 heteroatoms. The van der Waals surface area contributed by atoms with Gasteiger partial charge < -0.3 is 19.1 Å². The molecular formula is C22H27NO4. The van der Waals surface area contributed by atoms with Crippen LogP contribution < -0.4 is 9.47 Å². The highest BCUT2D eigenvalue weighted by molar-refractivity contribution is 5.94. The van der Waals surface area contributed by atoms with Crippen molar-refractivity contribution >= 4 is 5.91 Å². The number of amides is 1. The first kappa shape index (κ1) is 19.2. The minimum Gasteiger partial charge on any atom is -0.497 e. The fraction of sp³-hybridized carbons (Fsp3) is 0.409. The van der Waals surface area contributed by atoms with Gasteiger partial charge in [-0.15, -0.1) is 0 Å². The average molecular weight is 369 g/mol. The molecule has 0 N–H and O–H groups in total. The third kappa shape index (κ3) is 5.23. The molecule has 2 aromatic rings. The zero-order valence-corrected chi connectivity index (χ0v) is 16.0. The molecule has 1 atom stereocenters. The summed E-state index contributed by atoms with van der Waals surface area (Å²) < 4.78 is 16.6. The highest BCUT2D eigenvalue weighted by Gasteiger charge is 2.18. The highest BCUT2D eigenvalue weighted by atomic mass is 16.5. The van der Waals surface area contributed by atoms with Crippen molar-refractivity contribution in [3.8, 4) is 11.5 Å². The topological polar surface area (TPSA) is 48.0 Å². The molecule has 2 aromatic carbocycles. The molecule has 1 amide bonds. The summed E-state index contributed by atoms with van der Waals surface area (Å²) in [5.74, 6) is 1.51. The van der Waals surface area contributed by atoms with Gasteiger partial charge in [-0.1, -0.05) is 18.2 Å². The van der Waals surface area contributed by atoms with Crippen LogP contribution in [0.5, 0.6) is 11.5 Å². The Morgan fingerprint density at radius 1 is 1.19 bits per heavy atom. The van der Waals surface area contributed by atoms with Crippen molar-refractivity contribution < 1.29 is 19.0 Å². The number of nitrogens with zero attached hydrogens (tertiary/aromatic N) is 1. The average Bonchev–Trinajstić information content (AvgIpc) is 3.24. The first-order chi connectivity index (χ1) is 13.2. The summed E-state index contributed by atoms with van der Waals surface area (Å²) in [6.45, 7) is 4.51. The molecule has 0 aromatic heterocycles. The van der Waals surface area contributed by atoms with Crippen molar-refractivity contribution in [1.29, 1.82) is 0 Å². The van der Waals surface area contributed by atoms with Crippen molar-refractivity contribution in [1.82, 2.24) is 4.90 Å². The van der Waals surface area contributed by atoms with Crippen LogP contribution >= 0.6 is 0 Å². The zero-order valence-electron chi connectivity index (χ0n) is 16.0. The Hall–Kier alpha value is -2.53. The maximum absolute atomic E-state index is 12.9. The maximum atomic E-state index is 12.9. The molecule has 1 fully saturated rings. The second-order valence-electron chi connectivity index (χ2n) is 6.64. The van der Waals surface area contributed by atoms with E-state index in [0.29, 0.717) is 31.0 Å². The van der Waals surface area contributed by atoms with Gasteiger partial charge in [-0.2, -0.15) is 0 Å². The third-order valence-corrected chi connectivity index (χ3v) is 4.74. The second kappa shape index (κ2) is 9.42. The SMILES string of the molecule is CCN(Cc1ccc(OC)cc1)C(=O)c1cccc(OCC2CCCO2)c1. The molecule has 0 bridgehead atoms. The van der Waals surface area contributed by atoms with Crippen LogP contribution in [0, 0.1) is 0 Å². The molecule has 1 heterocycles. The molecule has 0 spiro atoms. The van der Waals surface area contributed by atoms with E-state index in [1.165, 1.54) is 0 Å². The van der Waals surface area contributed by atoms with Gasteiger partial charge in [0.15, 0.2) is 0 Å². The molecule has 27 heavy (non-hydrogen) atoms. The van der Waals surface area contributed by atoms with E-state index >= 15 is 0 Å². The fourth-order valence-corrected chi connectivity index (χ4v) is 3.14. The minimum absolute atomic E-state index is 0.00381. The number of carbonyl (C=O) groups is 1. The van der Waals surface area contributed by atoms with Crippen LogP contribution in [0.2, 0.25) is 0 Å². The Morgan fingerprint density at radius 2 is 2.00 bits per heavy atom. The molecule has 3 rings (SSSR count). The van der Waals surface area contributed by atoms with Gasteiger partial charge in [0.25, 0.3) is 5.91 Å². The van der Waals surface area contributed by atoms with E-state index in [4.69, 9.17) is 14.2 Å². The molecule has 0 saturated carbocycles. The van der Waals surface area contributed by atoms with Gasteiger partial charge in [0.05, 0.1) is 13.2 Å². The molecule has 0 radical (unpaired) electrons. The lowest BCUT2D eigenvalue weighted by atomic mass is 10.1. The Kier molecular flexibility index (Phi) is 6.71. The van der Waals surface area contributed by atoms with Gasteiger partial charge in [0.2, 0.25) is 0 Å². The lowest BCUT2D eigenvalue weighted by Crippen LogP contribution is -2.30. The first-order valence-corrected chi connectivity index (χ1v) is 9.46. The molecule has 1 unspecified atom stereocenters. The van der Waals surface area contributed by atoms with Crippen LogP contribution in [0.1, 0.15) is 35.7 Å².